The van der Waals surface area contributed by atoms with Crippen molar-refractivity contribution in [1.82, 2.24) is 15.5 Å². The normalized spacial score (nSPS) is 19.9. The maximum atomic E-state index is 13.6. The van der Waals surface area contributed by atoms with Gasteiger partial charge >= 0.3 is 6.03 Å². The molecule has 1 fully saturated rings. The van der Waals surface area contributed by atoms with Gasteiger partial charge in [0.25, 0.3) is 0 Å². The number of nitrogens with one attached hydrogen (secondary N) is 2. The number of nitrogens with zero attached hydrogens (tertiary/aromatic N) is 1. The number of amides is 3. The van der Waals surface area contributed by atoms with Crippen molar-refractivity contribution in [2.24, 2.45) is 5.92 Å². The monoisotopic (exact) mass is 379 g/mol. The summed E-state index contributed by atoms with van der Waals surface area (Å²) in [5, 5.41) is 5.76. The lowest BCUT2D eigenvalue weighted by molar-refractivity contribution is -0.126. The van der Waals surface area contributed by atoms with Crippen LogP contribution in [0.5, 0.6) is 0 Å². The fraction of sp³-hybridized carbons (Fsp3) is 0.600. The molecule has 7 heteroatoms. The molecule has 0 bridgehead atoms. The first-order valence-corrected chi connectivity index (χ1v) is 9.40. The number of ether oxygens (including phenoxy) is 1. The lowest BCUT2D eigenvalue weighted by atomic mass is 9.83. The second-order valence-electron chi connectivity index (χ2n) is 7.43. The fourth-order valence-corrected chi connectivity index (χ4v) is 3.38. The molecular formula is C20H30FN3O3. The highest BCUT2D eigenvalue weighted by Gasteiger charge is 2.34. The number of aryl methyl sites for hydroxylation is 1. The third kappa shape index (κ3) is 5.92. The van der Waals surface area contributed by atoms with Crippen LogP contribution in [0, 0.1) is 18.7 Å². The summed E-state index contributed by atoms with van der Waals surface area (Å²) in [5.41, 5.74) is 1.52. The highest BCUT2D eigenvalue weighted by Crippen LogP contribution is 2.31. The van der Waals surface area contributed by atoms with Gasteiger partial charge in [-0.3, -0.25) is 4.79 Å². The molecule has 1 aliphatic heterocycles. The minimum absolute atomic E-state index is 0.0138. The Morgan fingerprint density at radius 3 is 2.70 bits per heavy atom. The van der Waals surface area contributed by atoms with E-state index >= 15 is 0 Å². The summed E-state index contributed by atoms with van der Waals surface area (Å²) in [6.45, 7) is 7.27. The largest absolute Gasteiger partial charge is 0.383 e. The first-order valence-electron chi connectivity index (χ1n) is 9.40. The summed E-state index contributed by atoms with van der Waals surface area (Å²) in [6.07, 6.45) is 0.620. The number of rotatable bonds is 6. The zero-order valence-electron chi connectivity index (χ0n) is 16.5. The standard InChI is InChI=1S/C20H30FN3O3/c1-13(2)23-20(26)24-11-16(15-5-6-18(21)14(3)9-15)10-17(12-24)19(25)22-7-8-27-4/h5-6,9,13,16-17H,7-8,10-12H2,1-4H3,(H,22,25)(H,23,26)/t16-,17+/m1/s1. The molecule has 2 N–H and O–H groups in total. The number of methoxy groups -OCH3 is 1. The van der Waals surface area contributed by atoms with Gasteiger partial charge in [-0.15, -0.1) is 0 Å². The van der Waals surface area contributed by atoms with E-state index in [2.05, 4.69) is 10.6 Å². The molecule has 3 amide bonds. The van der Waals surface area contributed by atoms with E-state index in [9.17, 15) is 14.0 Å². The van der Waals surface area contributed by atoms with Crippen LogP contribution < -0.4 is 10.6 Å². The van der Waals surface area contributed by atoms with Gasteiger partial charge in [-0.25, -0.2) is 9.18 Å². The molecule has 6 nitrogen and oxygen atoms in total. The minimum atomic E-state index is -0.316. The lowest BCUT2D eigenvalue weighted by Gasteiger charge is -2.38. The average Bonchev–Trinajstić information content (AvgIpc) is 2.63. The zero-order chi connectivity index (χ0) is 20.0. The highest BCUT2D eigenvalue weighted by molar-refractivity contribution is 5.81. The van der Waals surface area contributed by atoms with Crippen molar-refractivity contribution >= 4 is 11.9 Å². The number of halogens is 1. The number of hydrogen-bond acceptors (Lipinski definition) is 3. The van der Waals surface area contributed by atoms with E-state index in [0.717, 1.165) is 5.56 Å². The molecule has 1 heterocycles. The molecule has 0 radical (unpaired) electrons. The maximum absolute atomic E-state index is 13.6. The van der Waals surface area contributed by atoms with Gasteiger partial charge < -0.3 is 20.3 Å². The van der Waals surface area contributed by atoms with Crippen molar-refractivity contribution in [3.05, 3.63) is 35.1 Å². The second-order valence-corrected chi connectivity index (χ2v) is 7.43. The maximum Gasteiger partial charge on any atom is 0.317 e. The number of piperidine rings is 1. The van der Waals surface area contributed by atoms with E-state index in [4.69, 9.17) is 4.74 Å². The summed E-state index contributed by atoms with van der Waals surface area (Å²) >= 11 is 0. The molecule has 27 heavy (non-hydrogen) atoms. The molecule has 0 unspecified atom stereocenters. The molecule has 1 aromatic rings. The molecule has 150 valence electrons. The smallest absolute Gasteiger partial charge is 0.317 e. The summed E-state index contributed by atoms with van der Waals surface area (Å²) in [5.74, 6) is -0.672. The van der Waals surface area contributed by atoms with Crippen molar-refractivity contribution in [2.45, 2.75) is 39.2 Å². The Bertz CT molecular complexity index is 666. The van der Waals surface area contributed by atoms with E-state index in [0.29, 0.717) is 38.2 Å². The highest BCUT2D eigenvalue weighted by atomic mass is 19.1. The van der Waals surface area contributed by atoms with E-state index in [1.807, 2.05) is 19.9 Å². The van der Waals surface area contributed by atoms with Gasteiger partial charge in [-0.2, -0.15) is 0 Å². The lowest BCUT2D eigenvalue weighted by Crippen LogP contribution is -2.52. The first-order chi connectivity index (χ1) is 12.8. The van der Waals surface area contributed by atoms with Gasteiger partial charge in [0.1, 0.15) is 5.82 Å². The molecule has 0 saturated carbocycles. The number of hydrogen-bond donors (Lipinski definition) is 2. The van der Waals surface area contributed by atoms with Gasteiger partial charge in [0.2, 0.25) is 5.91 Å². The molecular weight excluding hydrogens is 349 g/mol. The van der Waals surface area contributed by atoms with Crippen LogP contribution in [0.3, 0.4) is 0 Å². The average molecular weight is 379 g/mol. The van der Waals surface area contributed by atoms with Crippen LogP contribution in [0.4, 0.5) is 9.18 Å². The first kappa shape index (κ1) is 21.2. The summed E-state index contributed by atoms with van der Waals surface area (Å²) in [4.78, 5) is 26.8. The Balaban J connectivity index is 2.18. The van der Waals surface area contributed by atoms with Crippen molar-refractivity contribution in [3.63, 3.8) is 0 Å². The summed E-state index contributed by atoms with van der Waals surface area (Å²) in [6, 6.07) is 4.84. The Kier molecular flexibility index (Phi) is 7.59. The molecule has 2 atom stereocenters. The molecule has 1 aliphatic rings. The van der Waals surface area contributed by atoms with E-state index < -0.39 is 0 Å². The van der Waals surface area contributed by atoms with Crippen LogP contribution in [0.25, 0.3) is 0 Å². The Morgan fingerprint density at radius 1 is 1.33 bits per heavy atom. The Hall–Kier alpha value is -2.15. The topological polar surface area (TPSA) is 70.7 Å². The van der Waals surface area contributed by atoms with Crippen LogP contribution in [0.1, 0.15) is 37.3 Å². The summed E-state index contributed by atoms with van der Waals surface area (Å²) in [7, 11) is 1.58. The molecule has 1 saturated heterocycles. The minimum Gasteiger partial charge on any atom is -0.383 e. The third-order valence-corrected chi connectivity index (χ3v) is 4.78. The SMILES string of the molecule is COCCNC(=O)[C@H]1C[C@@H](c2ccc(F)c(C)c2)CN(C(=O)NC(C)C)C1. The van der Waals surface area contributed by atoms with Crippen molar-refractivity contribution in [2.75, 3.05) is 33.4 Å². The zero-order valence-corrected chi connectivity index (χ0v) is 16.5. The molecule has 0 aliphatic carbocycles. The Labute approximate surface area is 160 Å². The van der Waals surface area contributed by atoms with E-state index in [-0.39, 0.29) is 35.6 Å². The molecule has 1 aromatic carbocycles. The number of carbonyl (C=O) groups is 2. The predicted molar refractivity (Wildman–Crippen MR) is 102 cm³/mol. The van der Waals surface area contributed by atoms with Crippen molar-refractivity contribution in [3.8, 4) is 0 Å². The van der Waals surface area contributed by atoms with Gasteiger partial charge in [-0.05, 0) is 44.4 Å². The van der Waals surface area contributed by atoms with Crippen molar-refractivity contribution in [1.29, 1.82) is 0 Å². The van der Waals surface area contributed by atoms with Crippen LogP contribution >= 0.6 is 0 Å². The molecule has 2 rings (SSSR count). The van der Waals surface area contributed by atoms with Crippen LogP contribution in [0.2, 0.25) is 0 Å². The quantitative estimate of drug-likeness (QED) is 0.746. The summed E-state index contributed by atoms with van der Waals surface area (Å²) < 4.78 is 18.6. The van der Waals surface area contributed by atoms with Crippen LogP contribution in [-0.4, -0.2) is 56.2 Å². The number of urea groups is 1. The van der Waals surface area contributed by atoms with Crippen LogP contribution in [0.15, 0.2) is 18.2 Å². The third-order valence-electron chi connectivity index (χ3n) is 4.78. The van der Waals surface area contributed by atoms with Gasteiger partial charge in [0.05, 0.1) is 12.5 Å². The van der Waals surface area contributed by atoms with E-state index in [1.165, 1.54) is 6.07 Å². The van der Waals surface area contributed by atoms with Gasteiger partial charge in [-0.1, -0.05) is 12.1 Å². The second kappa shape index (κ2) is 9.69. The fourth-order valence-electron chi connectivity index (χ4n) is 3.38. The van der Waals surface area contributed by atoms with Crippen molar-refractivity contribution < 1.29 is 18.7 Å². The number of benzene rings is 1. The molecule has 0 aromatic heterocycles. The van der Waals surface area contributed by atoms with Gasteiger partial charge in [0.15, 0.2) is 0 Å². The number of likely N-dealkylation sites (tertiary alicyclic amines) is 1. The predicted octanol–water partition coefficient (Wildman–Crippen LogP) is 2.42. The number of carbonyl (C=O) groups excluding carboxylic acids is 2. The van der Waals surface area contributed by atoms with Crippen LogP contribution in [-0.2, 0) is 9.53 Å². The molecule has 0 spiro atoms. The van der Waals surface area contributed by atoms with E-state index in [1.54, 1.807) is 25.0 Å². The van der Waals surface area contributed by atoms with Gasteiger partial charge in [0, 0.05) is 38.7 Å². The Morgan fingerprint density at radius 2 is 2.07 bits per heavy atom.